The quantitative estimate of drug-likeness (QED) is 0.794. The molecule has 5 nitrogen and oxygen atoms in total. The lowest BCUT2D eigenvalue weighted by Crippen LogP contribution is -2.21. The predicted molar refractivity (Wildman–Crippen MR) is 70.9 cm³/mol. The van der Waals surface area contributed by atoms with Gasteiger partial charge in [-0.15, -0.1) is 0 Å². The van der Waals surface area contributed by atoms with Gasteiger partial charge < -0.3 is 10.3 Å². The summed E-state index contributed by atoms with van der Waals surface area (Å²) in [6.07, 6.45) is 3.17. The summed E-state index contributed by atoms with van der Waals surface area (Å²) >= 11 is 0. The SMILES string of the molecule is CCc1nc(NC(C)CCS(C)=O)cc(=O)[nH]1. The monoisotopic (exact) mass is 257 g/mol. The molecule has 17 heavy (non-hydrogen) atoms. The molecule has 0 aromatic carbocycles. The highest BCUT2D eigenvalue weighted by molar-refractivity contribution is 7.84. The average Bonchev–Trinajstić information content (AvgIpc) is 2.25. The lowest BCUT2D eigenvalue weighted by Gasteiger charge is -2.13. The van der Waals surface area contributed by atoms with Gasteiger partial charge in [-0.2, -0.15) is 0 Å². The van der Waals surface area contributed by atoms with Crippen LogP contribution in [0.4, 0.5) is 5.82 Å². The maximum Gasteiger partial charge on any atom is 0.252 e. The number of rotatable bonds is 6. The molecule has 2 atom stereocenters. The first kappa shape index (κ1) is 13.9. The number of nitrogens with zero attached hydrogens (tertiary/aromatic N) is 1. The third-order valence-corrected chi connectivity index (χ3v) is 3.17. The molecule has 0 aliphatic rings. The summed E-state index contributed by atoms with van der Waals surface area (Å²) in [5.41, 5.74) is -0.148. The molecule has 6 heteroatoms. The highest BCUT2D eigenvalue weighted by Crippen LogP contribution is 2.04. The van der Waals surface area contributed by atoms with Crippen LogP contribution >= 0.6 is 0 Å². The second kappa shape index (κ2) is 6.54. The Morgan fingerprint density at radius 1 is 1.59 bits per heavy atom. The molecule has 0 saturated heterocycles. The Morgan fingerprint density at radius 2 is 2.29 bits per heavy atom. The van der Waals surface area contributed by atoms with E-state index in [0.717, 1.165) is 6.42 Å². The van der Waals surface area contributed by atoms with Crippen LogP contribution in [0.3, 0.4) is 0 Å². The third-order valence-electron chi connectivity index (χ3n) is 2.36. The van der Waals surface area contributed by atoms with Crippen molar-refractivity contribution in [2.75, 3.05) is 17.3 Å². The Labute approximate surface area is 104 Å². The molecule has 0 aliphatic heterocycles. The van der Waals surface area contributed by atoms with Gasteiger partial charge in [0.2, 0.25) is 0 Å². The lowest BCUT2D eigenvalue weighted by atomic mass is 10.2. The highest BCUT2D eigenvalue weighted by Gasteiger charge is 2.05. The first-order valence-electron chi connectivity index (χ1n) is 5.68. The van der Waals surface area contributed by atoms with E-state index < -0.39 is 10.8 Å². The molecule has 1 rings (SSSR count). The van der Waals surface area contributed by atoms with E-state index in [1.165, 1.54) is 6.07 Å². The molecule has 2 unspecified atom stereocenters. The molecule has 0 saturated carbocycles. The number of aromatic nitrogens is 2. The van der Waals surface area contributed by atoms with Gasteiger partial charge in [-0.1, -0.05) is 6.92 Å². The zero-order valence-corrected chi connectivity index (χ0v) is 11.3. The van der Waals surface area contributed by atoms with Crippen LogP contribution in [0.25, 0.3) is 0 Å². The largest absolute Gasteiger partial charge is 0.367 e. The van der Waals surface area contributed by atoms with Crippen molar-refractivity contribution in [3.63, 3.8) is 0 Å². The van der Waals surface area contributed by atoms with E-state index in [1.54, 1.807) is 6.26 Å². The van der Waals surface area contributed by atoms with E-state index in [2.05, 4.69) is 15.3 Å². The lowest BCUT2D eigenvalue weighted by molar-refractivity contribution is 0.678. The van der Waals surface area contributed by atoms with Crippen LogP contribution in [0, 0.1) is 0 Å². The van der Waals surface area contributed by atoms with Crippen molar-refractivity contribution in [3.8, 4) is 0 Å². The molecule has 1 heterocycles. The van der Waals surface area contributed by atoms with Gasteiger partial charge in [0.15, 0.2) is 0 Å². The number of aromatic amines is 1. The summed E-state index contributed by atoms with van der Waals surface area (Å²) < 4.78 is 11.0. The first-order valence-corrected chi connectivity index (χ1v) is 7.40. The van der Waals surface area contributed by atoms with Crippen LogP contribution in [0.15, 0.2) is 10.9 Å². The molecule has 2 N–H and O–H groups in total. The molecule has 0 spiro atoms. The van der Waals surface area contributed by atoms with Crippen molar-refractivity contribution in [1.82, 2.24) is 9.97 Å². The fourth-order valence-electron chi connectivity index (χ4n) is 1.42. The molecule has 0 bridgehead atoms. The smallest absolute Gasteiger partial charge is 0.252 e. The summed E-state index contributed by atoms with van der Waals surface area (Å²) in [7, 11) is -0.783. The summed E-state index contributed by atoms with van der Waals surface area (Å²) in [5, 5.41) is 3.15. The van der Waals surface area contributed by atoms with Crippen LogP contribution in [0.5, 0.6) is 0 Å². The van der Waals surface area contributed by atoms with Crippen molar-refractivity contribution in [3.05, 3.63) is 22.2 Å². The van der Waals surface area contributed by atoms with E-state index >= 15 is 0 Å². The second-order valence-corrected chi connectivity index (χ2v) is 5.60. The van der Waals surface area contributed by atoms with Gasteiger partial charge in [-0.3, -0.25) is 9.00 Å². The van der Waals surface area contributed by atoms with Crippen molar-refractivity contribution in [2.45, 2.75) is 32.7 Å². The Kier molecular flexibility index (Phi) is 5.34. The fraction of sp³-hybridized carbons (Fsp3) is 0.636. The van der Waals surface area contributed by atoms with Gasteiger partial charge in [0.1, 0.15) is 11.6 Å². The number of anilines is 1. The molecule has 0 radical (unpaired) electrons. The second-order valence-electron chi connectivity index (χ2n) is 4.04. The maximum atomic E-state index is 11.3. The summed E-state index contributed by atoms with van der Waals surface area (Å²) in [6, 6.07) is 1.59. The molecule has 96 valence electrons. The van der Waals surface area contributed by atoms with Crippen LogP contribution in [-0.4, -0.2) is 32.2 Å². The average molecular weight is 257 g/mol. The standard InChI is InChI=1S/C11H19N3O2S/c1-4-9-13-10(7-11(15)14-9)12-8(2)5-6-17(3)16/h7-8H,4-6H2,1-3H3,(H2,12,13,14,15). The minimum absolute atomic E-state index is 0.148. The van der Waals surface area contributed by atoms with E-state index in [1.807, 2.05) is 13.8 Å². The maximum absolute atomic E-state index is 11.3. The Balaban J connectivity index is 2.64. The summed E-state index contributed by atoms with van der Waals surface area (Å²) in [4.78, 5) is 18.3. The Morgan fingerprint density at radius 3 is 2.88 bits per heavy atom. The van der Waals surface area contributed by atoms with Gasteiger partial charge in [-0.05, 0) is 13.3 Å². The Hall–Kier alpha value is -1.17. The van der Waals surface area contributed by atoms with Crippen molar-refractivity contribution in [1.29, 1.82) is 0 Å². The number of aryl methyl sites for hydroxylation is 1. The number of hydrogen-bond donors (Lipinski definition) is 2. The molecule has 1 aromatic rings. The van der Waals surface area contributed by atoms with E-state index in [9.17, 15) is 9.00 Å². The topological polar surface area (TPSA) is 74.8 Å². The van der Waals surface area contributed by atoms with Crippen molar-refractivity contribution < 1.29 is 4.21 Å². The van der Waals surface area contributed by atoms with Gasteiger partial charge in [0, 0.05) is 41.3 Å². The van der Waals surface area contributed by atoms with Crippen molar-refractivity contribution in [2.24, 2.45) is 0 Å². The third kappa shape index (κ3) is 5.12. The fourth-order valence-corrected chi connectivity index (χ4v) is 2.10. The van der Waals surface area contributed by atoms with Gasteiger partial charge in [-0.25, -0.2) is 4.98 Å². The highest BCUT2D eigenvalue weighted by atomic mass is 32.2. The van der Waals surface area contributed by atoms with E-state index in [-0.39, 0.29) is 11.6 Å². The van der Waals surface area contributed by atoms with Crippen LogP contribution in [-0.2, 0) is 17.2 Å². The molecule has 1 aromatic heterocycles. The van der Waals surface area contributed by atoms with Gasteiger partial charge in [0.05, 0.1) is 0 Å². The van der Waals surface area contributed by atoms with Gasteiger partial charge >= 0.3 is 0 Å². The minimum Gasteiger partial charge on any atom is -0.367 e. The van der Waals surface area contributed by atoms with Crippen LogP contribution in [0.2, 0.25) is 0 Å². The number of hydrogen-bond acceptors (Lipinski definition) is 4. The molecular weight excluding hydrogens is 238 g/mol. The van der Waals surface area contributed by atoms with E-state index in [4.69, 9.17) is 0 Å². The molecular formula is C11H19N3O2S. The summed E-state index contributed by atoms with van der Waals surface area (Å²) in [6.45, 7) is 3.92. The van der Waals surface area contributed by atoms with Gasteiger partial charge in [0.25, 0.3) is 5.56 Å². The molecule has 0 aliphatic carbocycles. The zero-order valence-electron chi connectivity index (χ0n) is 10.4. The zero-order chi connectivity index (χ0) is 12.8. The first-order chi connectivity index (χ1) is 8.01. The number of H-pyrrole nitrogens is 1. The Bertz CT molecular complexity index is 445. The number of nitrogens with one attached hydrogen (secondary N) is 2. The summed E-state index contributed by atoms with van der Waals surface area (Å²) in [5.74, 6) is 1.91. The minimum atomic E-state index is -0.783. The van der Waals surface area contributed by atoms with Crippen LogP contribution < -0.4 is 10.9 Å². The molecule has 0 amide bonds. The van der Waals surface area contributed by atoms with Crippen LogP contribution in [0.1, 0.15) is 26.1 Å². The normalized spacial score (nSPS) is 14.3. The van der Waals surface area contributed by atoms with E-state index in [0.29, 0.717) is 23.8 Å². The van der Waals surface area contributed by atoms with Crippen molar-refractivity contribution >= 4 is 16.6 Å². The predicted octanol–water partition coefficient (Wildman–Crippen LogP) is 0.901. The molecule has 0 fully saturated rings.